The highest BCUT2D eigenvalue weighted by molar-refractivity contribution is 5.90. The Labute approximate surface area is 149 Å². The van der Waals surface area contributed by atoms with E-state index in [9.17, 15) is 4.79 Å². The molecule has 0 radical (unpaired) electrons. The maximum absolute atomic E-state index is 12.2. The van der Waals surface area contributed by atoms with Gasteiger partial charge in [0.25, 0.3) is 0 Å². The van der Waals surface area contributed by atoms with E-state index in [-0.39, 0.29) is 6.03 Å². The third-order valence-corrected chi connectivity index (χ3v) is 4.71. The van der Waals surface area contributed by atoms with E-state index in [0.717, 1.165) is 36.4 Å². The van der Waals surface area contributed by atoms with E-state index in [1.165, 1.54) is 0 Å². The molecule has 1 heterocycles. The number of benzene rings is 2. The fourth-order valence-electron chi connectivity index (χ4n) is 3.11. The van der Waals surface area contributed by atoms with Crippen LogP contribution in [-0.2, 0) is 0 Å². The van der Waals surface area contributed by atoms with Crippen LogP contribution >= 0.6 is 0 Å². The number of carbonyl (C=O) groups is 1. The van der Waals surface area contributed by atoms with Crippen molar-refractivity contribution in [2.75, 3.05) is 45.6 Å². The van der Waals surface area contributed by atoms with E-state index in [1.54, 1.807) is 0 Å². The van der Waals surface area contributed by atoms with E-state index < -0.39 is 0 Å². The van der Waals surface area contributed by atoms with Crippen LogP contribution in [0.5, 0.6) is 0 Å². The predicted molar refractivity (Wildman–Crippen MR) is 103 cm³/mol. The van der Waals surface area contributed by atoms with Gasteiger partial charge in [0.2, 0.25) is 0 Å². The number of amides is 2. The molecule has 2 N–H and O–H groups in total. The topological polar surface area (TPSA) is 47.6 Å². The monoisotopic (exact) mass is 338 g/mol. The molecule has 132 valence electrons. The quantitative estimate of drug-likeness (QED) is 0.901. The lowest BCUT2D eigenvalue weighted by atomic mass is 10.1. The second-order valence-corrected chi connectivity index (χ2v) is 6.68. The Morgan fingerprint density at radius 3 is 2.60 bits per heavy atom. The maximum atomic E-state index is 12.2. The Morgan fingerprint density at radius 1 is 1.04 bits per heavy atom. The zero-order chi connectivity index (χ0) is 17.6. The number of urea groups is 1. The lowest BCUT2D eigenvalue weighted by Crippen LogP contribution is -2.54. The van der Waals surface area contributed by atoms with Crippen LogP contribution in [0.1, 0.15) is 0 Å². The second-order valence-electron chi connectivity index (χ2n) is 6.68. The summed E-state index contributed by atoms with van der Waals surface area (Å²) in [5.41, 5.74) is 3.03. The molecular weight excluding hydrogens is 312 g/mol. The van der Waals surface area contributed by atoms with Gasteiger partial charge in [-0.3, -0.25) is 4.90 Å². The SMILES string of the molecule is CN1CCN(C)[C@@H](CNC(=O)Nc2cccc(-c3ccccc3)c2)C1. The van der Waals surface area contributed by atoms with Gasteiger partial charge in [-0.2, -0.15) is 0 Å². The highest BCUT2D eigenvalue weighted by atomic mass is 16.2. The number of hydrogen-bond acceptors (Lipinski definition) is 3. The Morgan fingerprint density at radius 2 is 1.80 bits per heavy atom. The number of carbonyl (C=O) groups excluding carboxylic acids is 1. The van der Waals surface area contributed by atoms with Gasteiger partial charge in [-0.05, 0) is 37.4 Å². The van der Waals surface area contributed by atoms with Crippen molar-refractivity contribution in [1.82, 2.24) is 15.1 Å². The van der Waals surface area contributed by atoms with Crippen LogP contribution in [0.2, 0.25) is 0 Å². The van der Waals surface area contributed by atoms with Crippen molar-refractivity contribution in [3.63, 3.8) is 0 Å². The Balaban J connectivity index is 1.56. The summed E-state index contributed by atoms with van der Waals surface area (Å²) in [4.78, 5) is 16.8. The van der Waals surface area contributed by atoms with Crippen LogP contribution in [0.25, 0.3) is 11.1 Å². The summed E-state index contributed by atoms with van der Waals surface area (Å²) in [5, 5.41) is 5.93. The highest BCUT2D eigenvalue weighted by Crippen LogP contribution is 2.22. The number of likely N-dealkylation sites (N-methyl/N-ethyl adjacent to an activating group) is 2. The van der Waals surface area contributed by atoms with Crippen molar-refractivity contribution >= 4 is 11.7 Å². The Hall–Kier alpha value is -2.37. The van der Waals surface area contributed by atoms with Gasteiger partial charge in [0, 0.05) is 37.9 Å². The molecule has 1 fully saturated rings. The standard InChI is InChI=1S/C20H26N4O/c1-23-11-12-24(2)19(15-23)14-21-20(25)22-18-10-6-9-17(13-18)16-7-4-3-5-8-16/h3-10,13,19H,11-12,14-15H2,1-2H3,(H2,21,22,25)/t19-/m0/s1. The molecule has 2 amide bonds. The molecular formula is C20H26N4O. The molecule has 25 heavy (non-hydrogen) atoms. The predicted octanol–water partition coefficient (Wildman–Crippen LogP) is 2.72. The normalized spacial score (nSPS) is 18.7. The minimum Gasteiger partial charge on any atom is -0.336 e. The maximum Gasteiger partial charge on any atom is 0.319 e. The number of nitrogens with zero attached hydrogens (tertiary/aromatic N) is 2. The third-order valence-electron chi connectivity index (χ3n) is 4.71. The van der Waals surface area contributed by atoms with Gasteiger partial charge in [0.15, 0.2) is 0 Å². The largest absolute Gasteiger partial charge is 0.336 e. The molecule has 1 aliphatic heterocycles. The van der Waals surface area contributed by atoms with E-state index in [4.69, 9.17) is 0 Å². The van der Waals surface area contributed by atoms with Crippen LogP contribution < -0.4 is 10.6 Å². The molecule has 0 saturated carbocycles. The molecule has 0 aliphatic carbocycles. The number of nitrogens with one attached hydrogen (secondary N) is 2. The molecule has 5 heteroatoms. The molecule has 1 aliphatic rings. The number of piperazine rings is 1. The zero-order valence-electron chi connectivity index (χ0n) is 14.9. The smallest absolute Gasteiger partial charge is 0.319 e. The van der Waals surface area contributed by atoms with Crippen LogP contribution in [0.15, 0.2) is 54.6 Å². The first-order valence-electron chi connectivity index (χ1n) is 8.71. The van der Waals surface area contributed by atoms with Gasteiger partial charge in [-0.1, -0.05) is 42.5 Å². The average molecular weight is 338 g/mol. The molecule has 0 spiro atoms. The summed E-state index contributed by atoms with van der Waals surface area (Å²) in [6.07, 6.45) is 0. The average Bonchev–Trinajstić information content (AvgIpc) is 2.63. The van der Waals surface area contributed by atoms with Gasteiger partial charge in [-0.25, -0.2) is 4.79 Å². The zero-order valence-corrected chi connectivity index (χ0v) is 14.9. The molecule has 0 unspecified atom stereocenters. The minimum absolute atomic E-state index is 0.160. The van der Waals surface area contributed by atoms with Crippen LogP contribution in [-0.4, -0.2) is 62.1 Å². The van der Waals surface area contributed by atoms with Gasteiger partial charge in [0.05, 0.1) is 0 Å². The third kappa shape index (κ3) is 4.81. The Kier molecular flexibility index (Phi) is 5.68. The molecule has 0 bridgehead atoms. The molecule has 1 atom stereocenters. The summed E-state index contributed by atoms with van der Waals surface area (Å²) >= 11 is 0. The first-order chi connectivity index (χ1) is 12.1. The number of hydrogen-bond donors (Lipinski definition) is 2. The highest BCUT2D eigenvalue weighted by Gasteiger charge is 2.22. The van der Waals surface area contributed by atoms with Crippen molar-refractivity contribution in [3.8, 4) is 11.1 Å². The van der Waals surface area contributed by atoms with E-state index >= 15 is 0 Å². The lowest BCUT2D eigenvalue weighted by Gasteiger charge is -2.37. The van der Waals surface area contributed by atoms with Gasteiger partial charge in [-0.15, -0.1) is 0 Å². The van der Waals surface area contributed by atoms with Crippen LogP contribution in [0.4, 0.5) is 10.5 Å². The van der Waals surface area contributed by atoms with Crippen molar-refractivity contribution < 1.29 is 4.79 Å². The lowest BCUT2D eigenvalue weighted by molar-refractivity contribution is 0.115. The fourth-order valence-corrected chi connectivity index (χ4v) is 3.11. The Bertz CT molecular complexity index is 704. The molecule has 0 aromatic heterocycles. The number of anilines is 1. The first-order valence-corrected chi connectivity index (χ1v) is 8.71. The summed E-state index contributed by atoms with van der Waals surface area (Å²) in [7, 11) is 4.23. The van der Waals surface area contributed by atoms with Crippen LogP contribution in [0.3, 0.4) is 0 Å². The van der Waals surface area contributed by atoms with E-state index in [0.29, 0.717) is 12.6 Å². The summed E-state index contributed by atoms with van der Waals surface area (Å²) in [5.74, 6) is 0. The number of rotatable bonds is 4. The molecule has 2 aromatic carbocycles. The van der Waals surface area contributed by atoms with Gasteiger partial charge >= 0.3 is 6.03 Å². The molecule has 5 nitrogen and oxygen atoms in total. The fraction of sp³-hybridized carbons (Fsp3) is 0.350. The second kappa shape index (κ2) is 8.14. The van der Waals surface area contributed by atoms with Crippen molar-refractivity contribution in [2.24, 2.45) is 0 Å². The summed E-state index contributed by atoms with van der Waals surface area (Å²) < 4.78 is 0. The molecule has 3 rings (SSSR count). The van der Waals surface area contributed by atoms with Crippen molar-refractivity contribution in [2.45, 2.75) is 6.04 Å². The van der Waals surface area contributed by atoms with Crippen molar-refractivity contribution in [3.05, 3.63) is 54.6 Å². The summed E-state index contributed by atoms with van der Waals surface area (Å²) in [6.45, 7) is 3.72. The van der Waals surface area contributed by atoms with Crippen molar-refractivity contribution in [1.29, 1.82) is 0 Å². The summed E-state index contributed by atoms with van der Waals surface area (Å²) in [6, 6.07) is 18.3. The molecule has 2 aromatic rings. The molecule has 1 saturated heterocycles. The van der Waals surface area contributed by atoms with Crippen LogP contribution in [0, 0.1) is 0 Å². The first kappa shape index (κ1) is 17.5. The minimum atomic E-state index is -0.160. The van der Waals surface area contributed by atoms with Gasteiger partial charge in [0.1, 0.15) is 0 Å². The van der Waals surface area contributed by atoms with E-state index in [2.05, 4.69) is 46.7 Å². The van der Waals surface area contributed by atoms with Gasteiger partial charge < -0.3 is 15.5 Å². The van der Waals surface area contributed by atoms with E-state index in [1.807, 2.05) is 42.5 Å².